The van der Waals surface area contributed by atoms with Gasteiger partial charge >= 0.3 is 0 Å². The summed E-state index contributed by atoms with van der Waals surface area (Å²) in [6, 6.07) is 0. The van der Waals surface area contributed by atoms with E-state index >= 15 is 0 Å². The van der Waals surface area contributed by atoms with Crippen LogP contribution in [0.1, 0.15) is 60.8 Å². The Morgan fingerprint density at radius 1 is 1.06 bits per heavy atom. The van der Waals surface area contributed by atoms with Crippen molar-refractivity contribution < 1.29 is 0 Å². The second-order valence-electron chi connectivity index (χ2n) is 8.08. The molecule has 0 aliphatic carbocycles. The van der Waals surface area contributed by atoms with Gasteiger partial charge in [0.05, 0.1) is 0 Å². The highest BCUT2D eigenvalue weighted by atomic mass is 15.1. The maximum atomic E-state index is 3.65. The van der Waals surface area contributed by atoms with Crippen LogP contribution in [0.25, 0.3) is 0 Å². The molecule has 1 unspecified atom stereocenters. The lowest BCUT2D eigenvalue weighted by molar-refractivity contribution is 0.168. The number of hydrogen-bond donors (Lipinski definition) is 1. The van der Waals surface area contributed by atoms with Gasteiger partial charge in [0.25, 0.3) is 0 Å². The van der Waals surface area contributed by atoms with Gasteiger partial charge in [-0.25, -0.2) is 0 Å². The van der Waals surface area contributed by atoms with E-state index in [4.69, 9.17) is 0 Å². The van der Waals surface area contributed by atoms with E-state index < -0.39 is 0 Å². The van der Waals surface area contributed by atoms with Gasteiger partial charge in [0, 0.05) is 18.6 Å². The topological polar surface area (TPSA) is 15.3 Å². The minimum atomic E-state index is 0.227. The number of hydrogen-bond acceptors (Lipinski definition) is 2. The average molecular weight is 254 g/mol. The van der Waals surface area contributed by atoms with Crippen molar-refractivity contribution in [2.45, 2.75) is 66.3 Å². The average Bonchev–Trinajstić information content (AvgIpc) is 2.40. The minimum Gasteiger partial charge on any atom is -0.311 e. The summed E-state index contributed by atoms with van der Waals surface area (Å²) in [5.41, 5.74) is 0.589. The molecule has 1 fully saturated rings. The molecule has 1 saturated heterocycles. The maximum absolute atomic E-state index is 3.65. The molecule has 1 aliphatic heterocycles. The number of nitrogens with zero attached hydrogens (tertiary/aromatic N) is 1. The van der Waals surface area contributed by atoms with E-state index in [1.807, 2.05) is 0 Å². The molecule has 18 heavy (non-hydrogen) atoms. The first-order valence-electron chi connectivity index (χ1n) is 7.65. The third-order valence-electron chi connectivity index (χ3n) is 3.86. The quantitative estimate of drug-likeness (QED) is 0.826. The first kappa shape index (κ1) is 16.0. The van der Waals surface area contributed by atoms with E-state index in [1.54, 1.807) is 0 Å². The lowest BCUT2D eigenvalue weighted by atomic mass is 9.91. The van der Waals surface area contributed by atoms with Crippen molar-refractivity contribution in [3.05, 3.63) is 0 Å². The van der Waals surface area contributed by atoms with Crippen LogP contribution < -0.4 is 5.32 Å². The molecule has 0 saturated carbocycles. The fourth-order valence-electron chi connectivity index (χ4n) is 2.65. The lowest BCUT2D eigenvalue weighted by Gasteiger charge is -2.35. The van der Waals surface area contributed by atoms with E-state index in [-0.39, 0.29) is 5.54 Å². The molecule has 1 heterocycles. The fourth-order valence-corrected chi connectivity index (χ4v) is 2.65. The van der Waals surface area contributed by atoms with Gasteiger partial charge in [-0.1, -0.05) is 20.8 Å². The zero-order valence-corrected chi connectivity index (χ0v) is 13.5. The van der Waals surface area contributed by atoms with Crippen LogP contribution >= 0.6 is 0 Å². The second-order valence-corrected chi connectivity index (χ2v) is 8.08. The molecule has 0 aromatic carbocycles. The van der Waals surface area contributed by atoms with Crippen molar-refractivity contribution in [3.63, 3.8) is 0 Å². The van der Waals surface area contributed by atoms with Crippen LogP contribution in [0.3, 0.4) is 0 Å². The van der Waals surface area contributed by atoms with Crippen LogP contribution in [-0.2, 0) is 0 Å². The summed E-state index contributed by atoms with van der Waals surface area (Å²) < 4.78 is 0. The molecule has 0 amide bonds. The van der Waals surface area contributed by atoms with Crippen LogP contribution in [0.2, 0.25) is 0 Å². The van der Waals surface area contributed by atoms with Gasteiger partial charge in [-0.2, -0.15) is 0 Å². The van der Waals surface area contributed by atoms with Gasteiger partial charge in [0.1, 0.15) is 0 Å². The standard InChI is InChI=1S/C16H34N2/c1-14-8-7-10-18(11-9-14)13-16(5,6)12-17-15(2,3)4/h14,17H,7-13H2,1-6H3. The van der Waals surface area contributed by atoms with Gasteiger partial charge in [-0.3, -0.25) is 0 Å². The summed E-state index contributed by atoms with van der Waals surface area (Å²) >= 11 is 0. The highest BCUT2D eigenvalue weighted by molar-refractivity contribution is 4.81. The lowest BCUT2D eigenvalue weighted by Crippen LogP contribution is -2.46. The van der Waals surface area contributed by atoms with Crippen LogP contribution in [0, 0.1) is 11.3 Å². The molecule has 0 radical (unpaired) electrons. The van der Waals surface area contributed by atoms with Crippen molar-refractivity contribution in [2.24, 2.45) is 11.3 Å². The van der Waals surface area contributed by atoms with Gasteiger partial charge in [-0.05, 0) is 64.5 Å². The Kier molecular flexibility index (Phi) is 5.67. The van der Waals surface area contributed by atoms with E-state index in [1.165, 1.54) is 38.9 Å². The van der Waals surface area contributed by atoms with Crippen molar-refractivity contribution in [1.29, 1.82) is 0 Å². The van der Waals surface area contributed by atoms with Crippen LogP contribution in [-0.4, -0.2) is 36.6 Å². The molecule has 0 aromatic rings. The fraction of sp³-hybridized carbons (Fsp3) is 1.00. The van der Waals surface area contributed by atoms with Gasteiger partial charge < -0.3 is 10.2 Å². The normalized spacial score (nSPS) is 24.0. The molecule has 2 heteroatoms. The molecule has 108 valence electrons. The molecule has 1 N–H and O–H groups in total. The van der Waals surface area contributed by atoms with Crippen molar-refractivity contribution in [2.75, 3.05) is 26.2 Å². The molecule has 0 aromatic heterocycles. The number of nitrogens with one attached hydrogen (secondary N) is 1. The Morgan fingerprint density at radius 3 is 2.33 bits per heavy atom. The summed E-state index contributed by atoms with van der Waals surface area (Å²) in [6.07, 6.45) is 4.17. The summed E-state index contributed by atoms with van der Waals surface area (Å²) in [6.45, 7) is 18.8. The van der Waals surface area contributed by atoms with Crippen molar-refractivity contribution in [3.8, 4) is 0 Å². The highest BCUT2D eigenvalue weighted by Crippen LogP contribution is 2.22. The predicted molar refractivity (Wildman–Crippen MR) is 81.0 cm³/mol. The summed E-state index contributed by atoms with van der Waals surface area (Å²) in [7, 11) is 0. The first-order valence-corrected chi connectivity index (χ1v) is 7.65. The third-order valence-corrected chi connectivity index (χ3v) is 3.86. The maximum Gasteiger partial charge on any atom is 0.00967 e. The molecular formula is C16H34N2. The van der Waals surface area contributed by atoms with E-state index in [2.05, 4.69) is 51.8 Å². The van der Waals surface area contributed by atoms with Crippen molar-refractivity contribution in [1.82, 2.24) is 10.2 Å². The predicted octanol–water partition coefficient (Wildman–Crippen LogP) is 3.52. The Labute approximate surface area is 115 Å². The van der Waals surface area contributed by atoms with E-state index in [9.17, 15) is 0 Å². The Bertz CT molecular complexity index is 240. The molecule has 1 atom stereocenters. The van der Waals surface area contributed by atoms with E-state index in [0.717, 1.165) is 12.5 Å². The second kappa shape index (κ2) is 6.38. The van der Waals surface area contributed by atoms with Crippen LogP contribution in [0.15, 0.2) is 0 Å². The first-order chi connectivity index (χ1) is 8.18. The number of likely N-dealkylation sites (tertiary alicyclic amines) is 1. The van der Waals surface area contributed by atoms with Crippen LogP contribution in [0.4, 0.5) is 0 Å². The molecule has 0 spiro atoms. The minimum absolute atomic E-state index is 0.227. The van der Waals surface area contributed by atoms with Gasteiger partial charge in [0.2, 0.25) is 0 Å². The molecule has 1 aliphatic rings. The monoisotopic (exact) mass is 254 g/mol. The molecular weight excluding hydrogens is 220 g/mol. The summed E-state index contributed by atoms with van der Waals surface area (Å²) in [5.74, 6) is 0.922. The van der Waals surface area contributed by atoms with Crippen molar-refractivity contribution >= 4 is 0 Å². The summed E-state index contributed by atoms with van der Waals surface area (Å²) in [5, 5.41) is 3.65. The van der Waals surface area contributed by atoms with E-state index in [0.29, 0.717) is 5.41 Å². The highest BCUT2D eigenvalue weighted by Gasteiger charge is 2.25. The smallest absolute Gasteiger partial charge is 0.00967 e. The zero-order chi connectivity index (χ0) is 13.8. The van der Waals surface area contributed by atoms with Crippen LogP contribution in [0.5, 0.6) is 0 Å². The third kappa shape index (κ3) is 6.75. The Balaban J connectivity index is 2.39. The summed E-state index contributed by atoms with van der Waals surface area (Å²) in [4.78, 5) is 2.67. The Hall–Kier alpha value is -0.0800. The Morgan fingerprint density at radius 2 is 1.72 bits per heavy atom. The van der Waals surface area contributed by atoms with Gasteiger partial charge in [-0.15, -0.1) is 0 Å². The number of rotatable bonds is 4. The molecule has 0 bridgehead atoms. The van der Waals surface area contributed by atoms with Gasteiger partial charge in [0.15, 0.2) is 0 Å². The SMILES string of the molecule is CC1CCCN(CC(C)(C)CNC(C)(C)C)CC1. The largest absolute Gasteiger partial charge is 0.311 e. The zero-order valence-electron chi connectivity index (χ0n) is 13.5. The molecule has 2 nitrogen and oxygen atoms in total. The molecule has 1 rings (SSSR count).